The van der Waals surface area contributed by atoms with E-state index in [0.717, 1.165) is 16.5 Å². The highest BCUT2D eigenvalue weighted by Crippen LogP contribution is 2.26. The van der Waals surface area contributed by atoms with E-state index in [0.29, 0.717) is 10.9 Å². The number of carbonyl (C=O) groups excluding carboxylic acids is 1. The Kier molecular flexibility index (Phi) is 4.73. The van der Waals surface area contributed by atoms with Crippen molar-refractivity contribution in [1.29, 1.82) is 0 Å². The van der Waals surface area contributed by atoms with Gasteiger partial charge in [0, 0.05) is 16.8 Å². The van der Waals surface area contributed by atoms with Crippen molar-refractivity contribution in [2.75, 3.05) is 0 Å². The number of aryl methyl sites for hydroxylation is 2. The first-order valence-electron chi connectivity index (χ1n) is 8.69. The third-order valence-corrected chi connectivity index (χ3v) is 5.57. The third kappa shape index (κ3) is 3.48. The summed E-state index contributed by atoms with van der Waals surface area (Å²) in [4.78, 5) is 29.0. The fourth-order valence-corrected chi connectivity index (χ4v) is 4.03. The predicted molar refractivity (Wildman–Crippen MR) is 107 cm³/mol. The number of rotatable bonds is 5. The molecule has 2 heterocycles. The van der Waals surface area contributed by atoms with E-state index in [1.165, 1.54) is 15.6 Å². The molecule has 0 aliphatic rings. The number of nitrogens with zero attached hydrogens (tertiary/aromatic N) is 2. The van der Waals surface area contributed by atoms with E-state index in [1.807, 2.05) is 48.7 Å². The zero-order valence-electron chi connectivity index (χ0n) is 14.8. The molecule has 0 unspecified atom stereocenters. The van der Waals surface area contributed by atoms with Crippen LogP contribution in [0.3, 0.4) is 0 Å². The molecule has 2 aromatic carbocycles. The molecule has 0 fully saturated rings. The van der Waals surface area contributed by atoms with Gasteiger partial charge in [-0.3, -0.25) is 14.2 Å². The summed E-state index contributed by atoms with van der Waals surface area (Å²) in [6, 6.07) is 13.6. The maximum Gasteiger partial charge on any atom is 0.307 e. The predicted octanol–water partition coefficient (Wildman–Crippen LogP) is 4.05. The lowest BCUT2D eigenvalue weighted by Crippen LogP contribution is -2.22. The SMILES string of the molecule is Cc1cccc2c(=O)n(CCC(=O)OCc3csc4ccccc34)cnc12. The van der Waals surface area contributed by atoms with Crippen molar-refractivity contribution >= 4 is 38.3 Å². The number of thiophene rings is 1. The van der Waals surface area contributed by atoms with Crippen molar-refractivity contribution in [2.24, 2.45) is 0 Å². The molecule has 0 aliphatic heterocycles. The molecule has 6 heteroatoms. The van der Waals surface area contributed by atoms with Crippen LogP contribution in [0.4, 0.5) is 0 Å². The summed E-state index contributed by atoms with van der Waals surface area (Å²) in [5, 5.41) is 3.69. The van der Waals surface area contributed by atoms with Crippen molar-refractivity contribution < 1.29 is 9.53 Å². The standard InChI is InChI=1S/C21H18N2O3S/c1-14-5-4-7-17-20(14)22-13-23(21(17)25)10-9-19(24)26-11-15-12-27-18-8-3-2-6-16(15)18/h2-8,12-13H,9-11H2,1H3. The summed E-state index contributed by atoms with van der Waals surface area (Å²) in [5.74, 6) is -0.332. The Morgan fingerprint density at radius 2 is 1.96 bits per heavy atom. The first-order chi connectivity index (χ1) is 13.1. The van der Waals surface area contributed by atoms with E-state index in [9.17, 15) is 9.59 Å². The number of hydrogen-bond donors (Lipinski definition) is 0. The Hall–Kier alpha value is -2.99. The second-order valence-electron chi connectivity index (χ2n) is 6.38. The molecule has 0 radical (unpaired) electrons. The van der Waals surface area contributed by atoms with Gasteiger partial charge in [0.1, 0.15) is 6.61 Å². The molecule has 5 nitrogen and oxygen atoms in total. The minimum Gasteiger partial charge on any atom is -0.461 e. The van der Waals surface area contributed by atoms with E-state index in [2.05, 4.69) is 4.98 Å². The van der Waals surface area contributed by atoms with E-state index < -0.39 is 0 Å². The van der Waals surface area contributed by atoms with Crippen molar-refractivity contribution in [2.45, 2.75) is 26.5 Å². The van der Waals surface area contributed by atoms with Crippen molar-refractivity contribution in [3.8, 4) is 0 Å². The van der Waals surface area contributed by atoms with Crippen LogP contribution in [0.25, 0.3) is 21.0 Å². The highest BCUT2D eigenvalue weighted by molar-refractivity contribution is 7.17. The molecule has 136 valence electrons. The van der Waals surface area contributed by atoms with Crippen LogP contribution in [-0.2, 0) is 22.7 Å². The van der Waals surface area contributed by atoms with Gasteiger partial charge in [0.2, 0.25) is 0 Å². The molecule has 2 aromatic heterocycles. The topological polar surface area (TPSA) is 61.2 Å². The lowest BCUT2D eigenvalue weighted by molar-refractivity contribution is -0.145. The van der Waals surface area contributed by atoms with Gasteiger partial charge in [0.15, 0.2) is 0 Å². The molecule has 0 aliphatic carbocycles. The minimum atomic E-state index is -0.332. The molecular formula is C21H18N2O3S. The maximum absolute atomic E-state index is 12.6. The molecule has 0 amide bonds. The van der Waals surface area contributed by atoms with Crippen LogP contribution in [0.15, 0.2) is 59.0 Å². The van der Waals surface area contributed by atoms with E-state index in [-0.39, 0.29) is 31.1 Å². The Bertz CT molecular complexity index is 1190. The zero-order valence-corrected chi connectivity index (χ0v) is 15.7. The van der Waals surface area contributed by atoms with E-state index in [1.54, 1.807) is 17.4 Å². The number of fused-ring (bicyclic) bond motifs is 2. The van der Waals surface area contributed by atoms with Crippen molar-refractivity contribution in [3.63, 3.8) is 0 Å². The van der Waals surface area contributed by atoms with Gasteiger partial charge in [-0.2, -0.15) is 0 Å². The summed E-state index contributed by atoms with van der Waals surface area (Å²) in [5.41, 5.74) is 2.52. The Labute approximate surface area is 159 Å². The average Bonchev–Trinajstić information content (AvgIpc) is 3.10. The number of para-hydroxylation sites is 1. The van der Waals surface area contributed by atoms with Crippen LogP contribution in [0, 0.1) is 6.92 Å². The molecule has 27 heavy (non-hydrogen) atoms. The van der Waals surface area contributed by atoms with Gasteiger partial charge < -0.3 is 4.74 Å². The van der Waals surface area contributed by atoms with Crippen molar-refractivity contribution in [3.05, 3.63) is 75.7 Å². The molecule has 4 aromatic rings. The third-order valence-electron chi connectivity index (χ3n) is 4.56. The van der Waals surface area contributed by atoms with Gasteiger partial charge in [-0.15, -0.1) is 11.3 Å². The lowest BCUT2D eigenvalue weighted by atomic mass is 10.1. The first-order valence-corrected chi connectivity index (χ1v) is 9.57. The quantitative estimate of drug-likeness (QED) is 0.492. The smallest absolute Gasteiger partial charge is 0.307 e. The molecule has 0 N–H and O–H groups in total. The molecule has 4 rings (SSSR count). The van der Waals surface area contributed by atoms with Crippen LogP contribution < -0.4 is 5.56 Å². The van der Waals surface area contributed by atoms with Crippen molar-refractivity contribution in [1.82, 2.24) is 9.55 Å². The summed E-state index contributed by atoms with van der Waals surface area (Å²) >= 11 is 1.63. The van der Waals surface area contributed by atoms with Gasteiger partial charge in [-0.1, -0.05) is 30.3 Å². The van der Waals surface area contributed by atoms with Gasteiger partial charge in [-0.25, -0.2) is 4.98 Å². The minimum absolute atomic E-state index is 0.126. The van der Waals surface area contributed by atoms with Gasteiger partial charge in [-0.05, 0) is 35.4 Å². The second-order valence-corrected chi connectivity index (χ2v) is 7.29. The summed E-state index contributed by atoms with van der Waals surface area (Å²) in [6.07, 6.45) is 1.62. The normalized spacial score (nSPS) is 11.1. The monoisotopic (exact) mass is 378 g/mol. The van der Waals surface area contributed by atoms with Crippen LogP contribution in [-0.4, -0.2) is 15.5 Å². The number of hydrogen-bond acceptors (Lipinski definition) is 5. The molecule has 0 bridgehead atoms. The van der Waals surface area contributed by atoms with Gasteiger partial charge in [0.25, 0.3) is 5.56 Å². The highest BCUT2D eigenvalue weighted by Gasteiger charge is 2.10. The largest absolute Gasteiger partial charge is 0.461 e. The van der Waals surface area contributed by atoms with E-state index >= 15 is 0 Å². The molecule has 0 saturated heterocycles. The Morgan fingerprint density at radius 1 is 1.15 bits per heavy atom. The zero-order chi connectivity index (χ0) is 18.8. The van der Waals surface area contributed by atoms with Gasteiger partial charge in [0.05, 0.1) is 23.7 Å². The highest BCUT2D eigenvalue weighted by atomic mass is 32.1. The van der Waals surface area contributed by atoms with Crippen LogP contribution in [0.5, 0.6) is 0 Å². The summed E-state index contributed by atoms with van der Waals surface area (Å²) in [7, 11) is 0. The van der Waals surface area contributed by atoms with E-state index in [4.69, 9.17) is 4.74 Å². The summed E-state index contributed by atoms with van der Waals surface area (Å²) < 4.78 is 8.03. The number of carbonyl (C=O) groups is 1. The van der Waals surface area contributed by atoms with Crippen LogP contribution in [0.1, 0.15) is 17.5 Å². The first kappa shape index (κ1) is 17.4. The Balaban J connectivity index is 1.41. The fraction of sp³-hybridized carbons (Fsp3) is 0.190. The van der Waals surface area contributed by atoms with Crippen LogP contribution >= 0.6 is 11.3 Å². The number of aromatic nitrogens is 2. The van der Waals surface area contributed by atoms with Crippen LogP contribution in [0.2, 0.25) is 0 Å². The molecular weight excluding hydrogens is 360 g/mol. The number of esters is 1. The molecule has 0 spiro atoms. The molecule has 0 saturated carbocycles. The maximum atomic E-state index is 12.6. The number of ether oxygens (including phenoxy) is 1. The average molecular weight is 378 g/mol. The fourth-order valence-electron chi connectivity index (χ4n) is 3.08. The second kappa shape index (κ2) is 7.32. The lowest BCUT2D eigenvalue weighted by Gasteiger charge is -2.08. The Morgan fingerprint density at radius 3 is 2.85 bits per heavy atom. The number of benzene rings is 2. The summed E-state index contributed by atoms with van der Waals surface area (Å²) in [6.45, 7) is 2.41. The molecule has 0 atom stereocenters. The van der Waals surface area contributed by atoms with Gasteiger partial charge >= 0.3 is 5.97 Å².